The van der Waals surface area contributed by atoms with Crippen molar-refractivity contribution in [1.29, 1.82) is 0 Å². The van der Waals surface area contributed by atoms with Gasteiger partial charge >= 0.3 is 0 Å². The number of rotatable bonds is 6. The summed E-state index contributed by atoms with van der Waals surface area (Å²) in [5.74, 6) is -0.0595. The van der Waals surface area contributed by atoms with E-state index in [9.17, 15) is 9.18 Å². The molecule has 0 aliphatic carbocycles. The summed E-state index contributed by atoms with van der Waals surface area (Å²) in [6.07, 6.45) is 1.51. The summed E-state index contributed by atoms with van der Waals surface area (Å²) < 4.78 is 19.3. The molecule has 124 valence electrons. The molecule has 1 aromatic carbocycles. The lowest BCUT2D eigenvalue weighted by Crippen LogP contribution is -2.30. The Balaban J connectivity index is 1.68. The van der Waals surface area contributed by atoms with Gasteiger partial charge in [0.05, 0.1) is 18.6 Å². The van der Waals surface area contributed by atoms with E-state index in [0.717, 1.165) is 11.3 Å². The summed E-state index contributed by atoms with van der Waals surface area (Å²) in [6.45, 7) is 0.370. The molecular weight excluding hydrogens is 349 g/mol. The highest BCUT2D eigenvalue weighted by Gasteiger charge is 2.19. The summed E-state index contributed by atoms with van der Waals surface area (Å²) in [5, 5.41) is 7.10. The van der Waals surface area contributed by atoms with Crippen molar-refractivity contribution >= 4 is 28.8 Å². The fourth-order valence-electron chi connectivity index (χ4n) is 2.49. The molecule has 3 nitrogen and oxygen atoms in total. The van der Waals surface area contributed by atoms with Crippen LogP contribution in [-0.2, 0) is 11.2 Å². The van der Waals surface area contributed by atoms with E-state index in [1.165, 1.54) is 12.1 Å². The van der Waals surface area contributed by atoms with Crippen LogP contribution < -0.4 is 5.32 Å². The molecule has 1 atom stereocenters. The summed E-state index contributed by atoms with van der Waals surface area (Å²) in [7, 11) is 0. The summed E-state index contributed by atoms with van der Waals surface area (Å²) in [5.41, 5.74) is 1.28. The summed E-state index contributed by atoms with van der Waals surface area (Å²) in [6, 6.07) is 10.1. The van der Waals surface area contributed by atoms with Gasteiger partial charge in [0, 0.05) is 17.1 Å². The quantitative estimate of drug-likeness (QED) is 0.694. The Labute approximate surface area is 148 Å². The van der Waals surface area contributed by atoms with E-state index in [1.54, 1.807) is 23.7 Å². The van der Waals surface area contributed by atoms with Crippen molar-refractivity contribution in [1.82, 2.24) is 5.32 Å². The van der Waals surface area contributed by atoms with Crippen molar-refractivity contribution in [3.63, 3.8) is 0 Å². The van der Waals surface area contributed by atoms with Crippen molar-refractivity contribution in [2.24, 2.45) is 0 Å². The molecule has 0 saturated carbocycles. The van der Waals surface area contributed by atoms with E-state index < -0.39 is 5.82 Å². The van der Waals surface area contributed by atoms with Crippen LogP contribution in [0, 0.1) is 5.82 Å². The molecule has 0 aliphatic rings. The number of amides is 1. The lowest BCUT2D eigenvalue weighted by molar-refractivity contribution is -0.120. The molecule has 0 saturated heterocycles. The van der Waals surface area contributed by atoms with Crippen LogP contribution in [-0.4, -0.2) is 12.5 Å². The molecule has 3 rings (SSSR count). The average molecular weight is 364 g/mol. The molecule has 1 unspecified atom stereocenters. The van der Waals surface area contributed by atoms with Crippen LogP contribution in [0.15, 0.2) is 57.8 Å². The third-order valence-electron chi connectivity index (χ3n) is 3.73. The van der Waals surface area contributed by atoms with Gasteiger partial charge < -0.3 is 9.73 Å². The Morgan fingerprint density at radius 1 is 1.29 bits per heavy atom. The van der Waals surface area contributed by atoms with Crippen LogP contribution in [0.4, 0.5) is 4.39 Å². The van der Waals surface area contributed by atoms with Gasteiger partial charge in [0.2, 0.25) is 5.91 Å². The first kappa shape index (κ1) is 16.7. The van der Waals surface area contributed by atoms with E-state index in [4.69, 9.17) is 16.0 Å². The molecule has 6 heteroatoms. The van der Waals surface area contributed by atoms with E-state index in [0.29, 0.717) is 6.54 Å². The number of hydrogen-bond donors (Lipinski definition) is 1. The first-order valence-corrected chi connectivity index (χ1v) is 8.72. The maximum absolute atomic E-state index is 13.8. The molecule has 0 aliphatic heterocycles. The van der Waals surface area contributed by atoms with Crippen LogP contribution in [0.25, 0.3) is 0 Å². The summed E-state index contributed by atoms with van der Waals surface area (Å²) >= 11 is 7.55. The van der Waals surface area contributed by atoms with E-state index in [2.05, 4.69) is 5.32 Å². The normalized spacial score (nSPS) is 12.1. The first-order chi connectivity index (χ1) is 11.6. The highest BCUT2D eigenvalue weighted by atomic mass is 35.5. The number of furan rings is 1. The fourth-order valence-corrected chi connectivity index (χ4v) is 3.43. The van der Waals surface area contributed by atoms with Crippen LogP contribution in [0.2, 0.25) is 5.02 Å². The Kier molecular flexibility index (Phi) is 5.33. The van der Waals surface area contributed by atoms with E-state index in [1.807, 2.05) is 29.0 Å². The van der Waals surface area contributed by atoms with Gasteiger partial charge in [0.1, 0.15) is 11.6 Å². The molecule has 24 heavy (non-hydrogen) atoms. The number of carbonyl (C=O) groups excluding carboxylic acids is 1. The molecule has 2 aromatic heterocycles. The molecule has 3 aromatic rings. The fraction of sp³-hybridized carbons (Fsp3) is 0.167. The van der Waals surface area contributed by atoms with E-state index >= 15 is 0 Å². The van der Waals surface area contributed by atoms with Crippen molar-refractivity contribution < 1.29 is 13.6 Å². The topological polar surface area (TPSA) is 42.2 Å². The zero-order valence-corrected chi connectivity index (χ0v) is 14.2. The number of nitrogens with one attached hydrogen (secondary N) is 1. The SMILES string of the molecule is O=C(Cc1c(F)cccc1Cl)NCC(c1ccsc1)c1ccco1. The van der Waals surface area contributed by atoms with Crippen molar-refractivity contribution in [3.8, 4) is 0 Å². The number of carbonyl (C=O) groups is 1. The Bertz CT molecular complexity index is 748. The monoisotopic (exact) mass is 363 g/mol. The minimum Gasteiger partial charge on any atom is -0.469 e. The third-order valence-corrected chi connectivity index (χ3v) is 4.79. The van der Waals surface area contributed by atoms with Gasteiger partial charge in [0.25, 0.3) is 0 Å². The Morgan fingerprint density at radius 2 is 2.17 bits per heavy atom. The standard InChI is InChI=1S/C18H15ClFNO2S/c19-15-3-1-4-16(20)13(15)9-18(22)21-10-14(12-6-8-24-11-12)17-5-2-7-23-17/h1-8,11,14H,9-10H2,(H,21,22). The third kappa shape index (κ3) is 3.86. The number of hydrogen-bond acceptors (Lipinski definition) is 3. The largest absolute Gasteiger partial charge is 0.469 e. The molecule has 1 N–H and O–H groups in total. The molecule has 0 bridgehead atoms. The van der Waals surface area contributed by atoms with Gasteiger partial charge in [-0.15, -0.1) is 0 Å². The highest BCUT2D eigenvalue weighted by Crippen LogP contribution is 2.26. The molecular formula is C18H15ClFNO2S. The molecule has 0 radical (unpaired) electrons. The average Bonchev–Trinajstić information content (AvgIpc) is 3.25. The maximum atomic E-state index is 13.8. The first-order valence-electron chi connectivity index (χ1n) is 7.40. The second-order valence-corrected chi connectivity index (χ2v) is 6.49. The molecule has 0 fully saturated rings. The van der Waals surface area contributed by atoms with Crippen molar-refractivity contribution in [3.05, 3.63) is 81.1 Å². The van der Waals surface area contributed by atoms with Gasteiger partial charge in [-0.3, -0.25) is 4.79 Å². The minimum atomic E-state index is -0.474. The van der Waals surface area contributed by atoms with Gasteiger partial charge in [-0.05, 0) is 46.7 Å². The minimum absolute atomic E-state index is 0.0775. The zero-order chi connectivity index (χ0) is 16.9. The molecule has 2 heterocycles. The lowest BCUT2D eigenvalue weighted by Gasteiger charge is -2.15. The van der Waals surface area contributed by atoms with Gasteiger partial charge in [-0.2, -0.15) is 11.3 Å². The predicted molar refractivity (Wildman–Crippen MR) is 93.0 cm³/mol. The summed E-state index contributed by atoms with van der Waals surface area (Å²) in [4.78, 5) is 12.2. The molecule has 1 amide bonds. The van der Waals surface area contributed by atoms with E-state index in [-0.39, 0.29) is 28.8 Å². The zero-order valence-electron chi connectivity index (χ0n) is 12.7. The van der Waals surface area contributed by atoms with Crippen LogP contribution in [0.1, 0.15) is 22.8 Å². The Morgan fingerprint density at radius 3 is 2.83 bits per heavy atom. The van der Waals surface area contributed by atoms with Crippen LogP contribution in [0.3, 0.4) is 0 Å². The predicted octanol–water partition coefficient (Wildman–Crippen LogP) is 4.62. The van der Waals surface area contributed by atoms with Crippen molar-refractivity contribution in [2.75, 3.05) is 6.54 Å². The smallest absolute Gasteiger partial charge is 0.224 e. The number of halogens is 2. The van der Waals surface area contributed by atoms with Gasteiger partial charge in [-0.1, -0.05) is 17.7 Å². The van der Waals surface area contributed by atoms with Crippen LogP contribution in [0.5, 0.6) is 0 Å². The van der Waals surface area contributed by atoms with Gasteiger partial charge in [0.15, 0.2) is 0 Å². The number of benzene rings is 1. The lowest BCUT2D eigenvalue weighted by atomic mass is 9.99. The van der Waals surface area contributed by atoms with Crippen molar-refractivity contribution in [2.45, 2.75) is 12.3 Å². The maximum Gasteiger partial charge on any atom is 0.224 e. The highest BCUT2D eigenvalue weighted by molar-refractivity contribution is 7.08. The number of thiophene rings is 1. The second kappa shape index (κ2) is 7.64. The van der Waals surface area contributed by atoms with Gasteiger partial charge in [-0.25, -0.2) is 4.39 Å². The Hall–Kier alpha value is -2.11. The van der Waals surface area contributed by atoms with Crippen LogP contribution >= 0.6 is 22.9 Å². The second-order valence-electron chi connectivity index (χ2n) is 5.31. The molecule has 0 spiro atoms.